The average Bonchev–Trinajstić information content (AvgIpc) is 3.09. The van der Waals surface area contributed by atoms with Crippen LogP contribution in [0, 0.1) is 13.8 Å². The van der Waals surface area contributed by atoms with Crippen molar-refractivity contribution < 1.29 is 9.59 Å². The normalized spacial score (nSPS) is 14.2. The van der Waals surface area contributed by atoms with E-state index in [1.165, 1.54) is 33.5 Å². The Morgan fingerprint density at radius 2 is 2.04 bits per heavy atom. The topological polar surface area (TPSA) is 72.2 Å². The molecule has 0 unspecified atom stereocenters. The second kappa shape index (κ2) is 7.22. The van der Waals surface area contributed by atoms with Crippen LogP contribution in [0.4, 0.5) is 5.00 Å². The number of hydrogen-bond donors (Lipinski definition) is 2. The van der Waals surface area contributed by atoms with E-state index in [-0.39, 0.29) is 11.2 Å². The number of benzene rings is 1. The predicted octanol–water partition coefficient (Wildman–Crippen LogP) is 4.07. The van der Waals surface area contributed by atoms with Crippen molar-refractivity contribution in [2.45, 2.75) is 50.2 Å². The molecule has 0 radical (unpaired) electrons. The van der Waals surface area contributed by atoms with Gasteiger partial charge in [-0.15, -0.1) is 23.1 Å². The van der Waals surface area contributed by atoms with E-state index < -0.39 is 5.91 Å². The van der Waals surface area contributed by atoms with Crippen molar-refractivity contribution in [2.75, 3.05) is 5.32 Å². The second-order valence-electron chi connectivity index (χ2n) is 6.44. The first-order valence-corrected chi connectivity index (χ1v) is 10.1. The fourth-order valence-corrected chi connectivity index (χ4v) is 5.38. The molecule has 2 aromatic rings. The highest BCUT2D eigenvalue weighted by Crippen LogP contribution is 2.39. The van der Waals surface area contributed by atoms with Crippen molar-refractivity contribution in [3.05, 3.63) is 45.3 Å². The van der Waals surface area contributed by atoms with Gasteiger partial charge in [0, 0.05) is 9.77 Å². The zero-order valence-corrected chi connectivity index (χ0v) is 16.3. The van der Waals surface area contributed by atoms with Crippen LogP contribution in [0.15, 0.2) is 23.1 Å². The predicted molar refractivity (Wildman–Crippen MR) is 105 cm³/mol. The number of rotatable bonds is 5. The summed E-state index contributed by atoms with van der Waals surface area (Å²) in [6.45, 7) is 5.98. The first-order chi connectivity index (χ1) is 11.9. The maximum absolute atomic E-state index is 12.6. The van der Waals surface area contributed by atoms with Crippen molar-refractivity contribution in [3.8, 4) is 0 Å². The summed E-state index contributed by atoms with van der Waals surface area (Å²) < 4.78 is 0. The van der Waals surface area contributed by atoms with Crippen LogP contribution in [0.5, 0.6) is 0 Å². The molecule has 0 saturated carbocycles. The summed E-state index contributed by atoms with van der Waals surface area (Å²) in [4.78, 5) is 26.7. The number of aryl methyl sites for hydroxylation is 3. The Balaban J connectivity index is 1.75. The Hall–Kier alpha value is -1.79. The Labute approximate surface area is 156 Å². The Morgan fingerprint density at radius 3 is 2.72 bits per heavy atom. The summed E-state index contributed by atoms with van der Waals surface area (Å²) in [6.07, 6.45) is 2.88. The van der Waals surface area contributed by atoms with E-state index in [2.05, 4.69) is 31.3 Å². The molecule has 25 heavy (non-hydrogen) atoms. The minimum absolute atomic E-state index is 0.104. The minimum atomic E-state index is -0.454. The summed E-state index contributed by atoms with van der Waals surface area (Å²) in [5.74, 6) is -0.559. The SMILES string of the molecule is Cc1ccc(S[C@@H](C)C(=O)Nc2sc3c(c2C(N)=O)CCC3)c(C)c1. The Morgan fingerprint density at radius 1 is 1.28 bits per heavy atom. The molecule has 1 aromatic heterocycles. The van der Waals surface area contributed by atoms with E-state index in [0.717, 1.165) is 35.3 Å². The number of carbonyl (C=O) groups excluding carboxylic acids is 2. The van der Waals surface area contributed by atoms with Gasteiger partial charge in [0.15, 0.2) is 0 Å². The highest BCUT2D eigenvalue weighted by Gasteiger charge is 2.27. The Bertz CT molecular complexity index is 842. The largest absolute Gasteiger partial charge is 0.365 e. The average molecular weight is 375 g/mol. The van der Waals surface area contributed by atoms with Gasteiger partial charge in [0.2, 0.25) is 5.91 Å². The number of carbonyl (C=O) groups is 2. The molecule has 3 N–H and O–H groups in total. The molecule has 1 aromatic carbocycles. The molecule has 4 nitrogen and oxygen atoms in total. The van der Waals surface area contributed by atoms with Crippen LogP contribution >= 0.6 is 23.1 Å². The van der Waals surface area contributed by atoms with Crippen molar-refractivity contribution in [1.29, 1.82) is 0 Å². The molecule has 1 aliphatic rings. The van der Waals surface area contributed by atoms with Gasteiger partial charge in [0.05, 0.1) is 10.8 Å². The number of anilines is 1. The lowest BCUT2D eigenvalue weighted by atomic mass is 10.1. The van der Waals surface area contributed by atoms with Crippen LogP contribution in [0.1, 0.15) is 45.3 Å². The van der Waals surface area contributed by atoms with E-state index in [1.54, 1.807) is 0 Å². The van der Waals surface area contributed by atoms with E-state index in [1.807, 2.05) is 13.0 Å². The number of nitrogens with two attached hydrogens (primary N) is 1. The first-order valence-electron chi connectivity index (χ1n) is 8.36. The number of primary amides is 1. The van der Waals surface area contributed by atoms with Gasteiger partial charge in [0.1, 0.15) is 5.00 Å². The summed E-state index contributed by atoms with van der Waals surface area (Å²) >= 11 is 3.02. The number of amides is 2. The standard InChI is InChI=1S/C19H22N2O2S2/c1-10-7-8-14(11(2)9-10)24-12(3)18(23)21-19-16(17(20)22)13-5-4-6-15(13)25-19/h7-9,12H,4-6H2,1-3H3,(H2,20,22)(H,21,23)/t12-/m0/s1. The first kappa shape index (κ1) is 18.0. The second-order valence-corrected chi connectivity index (χ2v) is 8.93. The van der Waals surface area contributed by atoms with Crippen LogP contribution in [-0.2, 0) is 17.6 Å². The highest BCUT2D eigenvalue weighted by molar-refractivity contribution is 8.00. The van der Waals surface area contributed by atoms with E-state index in [4.69, 9.17) is 5.73 Å². The quantitative estimate of drug-likeness (QED) is 0.775. The van der Waals surface area contributed by atoms with Crippen LogP contribution < -0.4 is 11.1 Å². The van der Waals surface area contributed by atoms with Gasteiger partial charge in [-0.1, -0.05) is 17.7 Å². The van der Waals surface area contributed by atoms with Crippen molar-refractivity contribution >= 4 is 39.9 Å². The molecule has 2 amide bonds. The van der Waals surface area contributed by atoms with Crippen LogP contribution in [-0.4, -0.2) is 17.1 Å². The zero-order chi connectivity index (χ0) is 18.1. The molecule has 132 valence electrons. The van der Waals surface area contributed by atoms with Crippen LogP contribution in [0.3, 0.4) is 0 Å². The summed E-state index contributed by atoms with van der Waals surface area (Å²) in [6, 6.07) is 6.21. The lowest BCUT2D eigenvalue weighted by molar-refractivity contribution is -0.115. The zero-order valence-electron chi connectivity index (χ0n) is 14.6. The molecule has 6 heteroatoms. The molecule has 0 bridgehead atoms. The van der Waals surface area contributed by atoms with E-state index in [9.17, 15) is 9.59 Å². The van der Waals surface area contributed by atoms with Gasteiger partial charge in [0.25, 0.3) is 5.91 Å². The fourth-order valence-electron chi connectivity index (χ4n) is 3.14. The third kappa shape index (κ3) is 3.75. The molecular formula is C19H22N2O2S2. The number of fused-ring (bicyclic) bond motifs is 1. The lowest BCUT2D eigenvalue weighted by Crippen LogP contribution is -2.24. The Kier molecular flexibility index (Phi) is 5.20. The molecule has 0 aliphatic heterocycles. The summed E-state index contributed by atoms with van der Waals surface area (Å²) in [7, 11) is 0. The maximum atomic E-state index is 12.6. The van der Waals surface area contributed by atoms with Crippen LogP contribution in [0.2, 0.25) is 0 Å². The van der Waals surface area contributed by atoms with E-state index in [0.29, 0.717) is 10.6 Å². The lowest BCUT2D eigenvalue weighted by Gasteiger charge is -2.14. The number of thiophene rings is 1. The van der Waals surface area contributed by atoms with Crippen molar-refractivity contribution in [2.24, 2.45) is 5.73 Å². The number of nitrogens with one attached hydrogen (secondary N) is 1. The van der Waals surface area contributed by atoms with Gasteiger partial charge in [-0.3, -0.25) is 9.59 Å². The van der Waals surface area contributed by atoms with Gasteiger partial charge < -0.3 is 11.1 Å². The monoisotopic (exact) mass is 374 g/mol. The number of thioether (sulfide) groups is 1. The van der Waals surface area contributed by atoms with Crippen molar-refractivity contribution in [1.82, 2.24) is 0 Å². The molecule has 0 spiro atoms. The molecular weight excluding hydrogens is 352 g/mol. The summed E-state index contributed by atoms with van der Waals surface area (Å²) in [5.41, 5.74) is 9.46. The molecule has 1 atom stereocenters. The third-order valence-electron chi connectivity index (χ3n) is 4.41. The third-order valence-corrected chi connectivity index (χ3v) is 6.89. The molecule has 3 rings (SSSR count). The minimum Gasteiger partial charge on any atom is -0.365 e. The van der Waals surface area contributed by atoms with Gasteiger partial charge >= 0.3 is 0 Å². The smallest absolute Gasteiger partial charge is 0.251 e. The van der Waals surface area contributed by atoms with Gasteiger partial charge in [-0.2, -0.15) is 0 Å². The van der Waals surface area contributed by atoms with Gasteiger partial charge in [-0.25, -0.2) is 0 Å². The highest BCUT2D eigenvalue weighted by atomic mass is 32.2. The molecule has 0 fully saturated rings. The van der Waals surface area contributed by atoms with Gasteiger partial charge in [-0.05, 0) is 57.2 Å². The molecule has 1 aliphatic carbocycles. The van der Waals surface area contributed by atoms with Crippen molar-refractivity contribution in [3.63, 3.8) is 0 Å². The fraction of sp³-hybridized carbons (Fsp3) is 0.368. The van der Waals surface area contributed by atoms with E-state index >= 15 is 0 Å². The molecule has 0 saturated heterocycles. The number of hydrogen-bond acceptors (Lipinski definition) is 4. The van der Waals surface area contributed by atoms with Crippen LogP contribution in [0.25, 0.3) is 0 Å². The summed E-state index contributed by atoms with van der Waals surface area (Å²) in [5, 5.41) is 3.27. The maximum Gasteiger partial charge on any atom is 0.251 e. The molecule has 1 heterocycles.